The van der Waals surface area contributed by atoms with Crippen LogP contribution in [0.5, 0.6) is 0 Å². The summed E-state index contributed by atoms with van der Waals surface area (Å²) in [7, 11) is 0. The van der Waals surface area contributed by atoms with E-state index in [1.165, 1.54) is 0 Å². The molecule has 0 aliphatic heterocycles. The average molecular weight is 211 g/mol. The van der Waals surface area contributed by atoms with E-state index in [4.69, 9.17) is 16.7 Å². The summed E-state index contributed by atoms with van der Waals surface area (Å²) in [5, 5.41) is 9.45. The van der Waals surface area contributed by atoms with Crippen molar-refractivity contribution in [1.82, 2.24) is 0 Å². The van der Waals surface area contributed by atoms with Crippen LogP contribution >= 0.6 is 11.6 Å². The number of hydrogen-bond acceptors (Lipinski definition) is 1. The quantitative estimate of drug-likeness (QED) is 0.779. The standard InChI is InChI=1S/C11H11ClO2/c1-2-9(11(13)14)7-8-3-5-10(12)6-4-8/h2-6H,7H2,1H3,(H,13,14). The maximum Gasteiger partial charge on any atom is 0.331 e. The van der Waals surface area contributed by atoms with Crippen LogP contribution in [0.2, 0.25) is 5.02 Å². The lowest BCUT2D eigenvalue weighted by Crippen LogP contribution is -2.03. The van der Waals surface area contributed by atoms with Crippen LogP contribution in [-0.2, 0) is 11.2 Å². The second kappa shape index (κ2) is 4.82. The SMILES string of the molecule is CC=C(Cc1ccc(Cl)cc1)C(=O)O. The average Bonchev–Trinajstić information content (AvgIpc) is 2.16. The molecule has 0 aliphatic rings. The van der Waals surface area contributed by atoms with Crippen LogP contribution in [0.1, 0.15) is 12.5 Å². The Morgan fingerprint density at radius 3 is 2.43 bits per heavy atom. The molecule has 74 valence electrons. The normalized spacial score (nSPS) is 11.4. The Kier molecular flexibility index (Phi) is 3.72. The van der Waals surface area contributed by atoms with Crippen LogP contribution in [0.15, 0.2) is 35.9 Å². The predicted octanol–water partition coefficient (Wildman–Crippen LogP) is 2.91. The molecule has 3 heteroatoms. The Bertz CT molecular complexity index is 352. The van der Waals surface area contributed by atoms with Crippen molar-refractivity contribution < 1.29 is 9.90 Å². The second-order valence-corrected chi connectivity index (χ2v) is 3.36. The summed E-state index contributed by atoms with van der Waals surface area (Å²) < 4.78 is 0. The molecule has 14 heavy (non-hydrogen) atoms. The second-order valence-electron chi connectivity index (χ2n) is 2.92. The maximum absolute atomic E-state index is 10.7. The number of rotatable bonds is 3. The summed E-state index contributed by atoms with van der Waals surface area (Å²) in [5.41, 5.74) is 1.34. The minimum Gasteiger partial charge on any atom is -0.478 e. The van der Waals surface area contributed by atoms with Crippen LogP contribution in [0.3, 0.4) is 0 Å². The molecular formula is C11H11ClO2. The highest BCUT2D eigenvalue weighted by Gasteiger charge is 2.06. The molecule has 0 aliphatic carbocycles. The summed E-state index contributed by atoms with van der Waals surface area (Å²) >= 11 is 5.71. The Morgan fingerprint density at radius 2 is 2.00 bits per heavy atom. The van der Waals surface area contributed by atoms with Gasteiger partial charge in [-0.25, -0.2) is 4.79 Å². The van der Waals surface area contributed by atoms with Crippen molar-refractivity contribution >= 4 is 17.6 Å². The third-order valence-corrected chi connectivity index (χ3v) is 2.18. The smallest absolute Gasteiger partial charge is 0.331 e. The number of benzene rings is 1. The van der Waals surface area contributed by atoms with Crippen molar-refractivity contribution in [3.05, 3.63) is 46.5 Å². The van der Waals surface area contributed by atoms with E-state index in [0.29, 0.717) is 17.0 Å². The summed E-state index contributed by atoms with van der Waals surface area (Å²) in [4.78, 5) is 10.7. The van der Waals surface area contributed by atoms with Gasteiger partial charge in [0, 0.05) is 17.0 Å². The molecular weight excluding hydrogens is 200 g/mol. The lowest BCUT2D eigenvalue weighted by molar-refractivity contribution is -0.132. The molecule has 0 saturated heterocycles. The van der Waals surface area contributed by atoms with Gasteiger partial charge in [-0.1, -0.05) is 29.8 Å². The summed E-state index contributed by atoms with van der Waals surface area (Å²) in [6, 6.07) is 7.17. The molecule has 0 atom stereocenters. The van der Waals surface area contributed by atoms with Crippen LogP contribution in [0.25, 0.3) is 0 Å². The molecule has 0 radical (unpaired) electrons. The van der Waals surface area contributed by atoms with Crippen molar-refractivity contribution in [3.63, 3.8) is 0 Å². The number of carboxylic acids is 1. The van der Waals surface area contributed by atoms with Gasteiger partial charge in [-0.2, -0.15) is 0 Å². The fourth-order valence-corrected chi connectivity index (χ4v) is 1.25. The van der Waals surface area contributed by atoms with Crippen LogP contribution in [0, 0.1) is 0 Å². The minimum absolute atomic E-state index is 0.396. The largest absolute Gasteiger partial charge is 0.478 e. The van der Waals surface area contributed by atoms with Gasteiger partial charge in [-0.15, -0.1) is 0 Å². The first-order valence-electron chi connectivity index (χ1n) is 4.26. The number of carbonyl (C=O) groups is 1. The van der Waals surface area contributed by atoms with E-state index < -0.39 is 5.97 Å². The molecule has 0 heterocycles. The maximum atomic E-state index is 10.7. The summed E-state index contributed by atoms with van der Waals surface area (Å²) in [6.45, 7) is 1.72. The first kappa shape index (κ1) is 10.8. The Hall–Kier alpha value is -1.28. The summed E-state index contributed by atoms with van der Waals surface area (Å²) in [5.74, 6) is -0.873. The molecule has 0 fully saturated rings. The first-order valence-corrected chi connectivity index (χ1v) is 4.64. The minimum atomic E-state index is -0.873. The molecule has 0 bridgehead atoms. The van der Waals surface area contributed by atoms with Gasteiger partial charge in [0.05, 0.1) is 0 Å². The molecule has 1 rings (SSSR count). The third-order valence-electron chi connectivity index (χ3n) is 1.93. The van der Waals surface area contributed by atoms with Crippen LogP contribution < -0.4 is 0 Å². The van der Waals surface area contributed by atoms with E-state index in [1.807, 2.05) is 12.1 Å². The van der Waals surface area contributed by atoms with Crippen molar-refractivity contribution in [2.75, 3.05) is 0 Å². The Morgan fingerprint density at radius 1 is 1.43 bits per heavy atom. The fraction of sp³-hybridized carbons (Fsp3) is 0.182. The number of hydrogen-bond donors (Lipinski definition) is 1. The molecule has 1 aromatic rings. The molecule has 0 amide bonds. The highest BCUT2D eigenvalue weighted by Crippen LogP contribution is 2.13. The third kappa shape index (κ3) is 2.89. The zero-order chi connectivity index (χ0) is 10.6. The zero-order valence-corrected chi connectivity index (χ0v) is 8.58. The lowest BCUT2D eigenvalue weighted by atomic mass is 10.1. The van der Waals surface area contributed by atoms with Crippen molar-refractivity contribution in [3.8, 4) is 0 Å². The van der Waals surface area contributed by atoms with E-state index in [1.54, 1.807) is 25.1 Å². The van der Waals surface area contributed by atoms with E-state index in [2.05, 4.69) is 0 Å². The van der Waals surface area contributed by atoms with Crippen molar-refractivity contribution in [2.24, 2.45) is 0 Å². The molecule has 2 nitrogen and oxygen atoms in total. The number of aliphatic carboxylic acids is 1. The zero-order valence-electron chi connectivity index (χ0n) is 7.83. The Balaban J connectivity index is 2.78. The van der Waals surface area contributed by atoms with Gasteiger partial charge in [0.15, 0.2) is 0 Å². The van der Waals surface area contributed by atoms with Gasteiger partial charge in [-0.05, 0) is 24.6 Å². The lowest BCUT2D eigenvalue weighted by Gasteiger charge is -2.01. The van der Waals surface area contributed by atoms with Gasteiger partial charge in [0.1, 0.15) is 0 Å². The number of carboxylic acid groups (broad SMARTS) is 1. The molecule has 0 unspecified atom stereocenters. The topological polar surface area (TPSA) is 37.3 Å². The van der Waals surface area contributed by atoms with Gasteiger partial charge >= 0.3 is 5.97 Å². The molecule has 1 N–H and O–H groups in total. The van der Waals surface area contributed by atoms with Gasteiger partial charge in [-0.3, -0.25) is 0 Å². The monoisotopic (exact) mass is 210 g/mol. The van der Waals surface area contributed by atoms with Gasteiger partial charge in [0.25, 0.3) is 0 Å². The van der Waals surface area contributed by atoms with Gasteiger partial charge in [0.2, 0.25) is 0 Å². The number of halogens is 1. The molecule has 0 aromatic heterocycles. The highest BCUT2D eigenvalue weighted by atomic mass is 35.5. The highest BCUT2D eigenvalue weighted by molar-refractivity contribution is 6.30. The van der Waals surface area contributed by atoms with Crippen LogP contribution in [-0.4, -0.2) is 11.1 Å². The van der Waals surface area contributed by atoms with E-state index in [0.717, 1.165) is 5.56 Å². The van der Waals surface area contributed by atoms with Crippen molar-refractivity contribution in [2.45, 2.75) is 13.3 Å². The van der Waals surface area contributed by atoms with E-state index in [-0.39, 0.29) is 0 Å². The fourth-order valence-electron chi connectivity index (χ4n) is 1.12. The van der Waals surface area contributed by atoms with Crippen LogP contribution in [0.4, 0.5) is 0 Å². The predicted molar refractivity (Wildman–Crippen MR) is 56.5 cm³/mol. The first-order chi connectivity index (χ1) is 6.63. The number of allylic oxidation sites excluding steroid dienone is 1. The molecule has 1 aromatic carbocycles. The molecule has 0 saturated carbocycles. The summed E-state index contributed by atoms with van der Waals surface area (Å²) in [6.07, 6.45) is 2.04. The van der Waals surface area contributed by atoms with Gasteiger partial charge < -0.3 is 5.11 Å². The van der Waals surface area contributed by atoms with E-state index in [9.17, 15) is 4.79 Å². The Labute approximate surface area is 87.8 Å². The van der Waals surface area contributed by atoms with Crippen molar-refractivity contribution in [1.29, 1.82) is 0 Å². The van der Waals surface area contributed by atoms with E-state index >= 15 is 0 Å². The molecule has 0 spiro atoms.